The molecule has 0 atom stereocenters. The third-order valence-corrected chi connectivity index (χ3v) is 8.17. The van der Waals surface area contributed by atoms with E-state index in [1.54, 1.807) is 10.9 Å². The molecule has 9 nitrogen and oxygen atoms in total. The molecule has 1 fully saturated rings. The number of hydrogen-bond donors (Lipinski definition) is 0. The first kappa shape index (κ1) is 27.9. The number of hydrogen-bond acceptors (Lipinski definition) is 7. The van der Waals surface area contributed by atoms with Crippen molar-refractivity contribution in [3.8, 4) is 16.9 Å². The van der Waals surface area contributed by atoms with Crippen molar-refractivity contribution in [2.75, 3.05) is 44.4 Å². The van der Waals surface area contributed by atoms with E-state index in [4.69, 9.17) is 4.74 Å². The molecule has 0 amide bonds. The van der Waals surface area contributed by atoms with Crippen molar-refractivity contribution in [2.24, 2.45) is 5.92 Å². The first-order chi connectivity index (χ1) is 18.1. The second-order valence-corrected chi connectivity index (χ2v) is 11.8. The maximum atomic E-state index is 14.8. The number of sulfonamides is 1. The van der Waals surface area contributed by atoms with Crippen LogP contribution in [-0.2, 0) is 23.0 Å². The van der Waals surface area contributed by atoms with Crippen molar-refractivity contribution < 1.29 is 21.9 Å². The van der Waals surface area contributed by atoms with Gasteiger partial charge in [0.05, 0.1) is 19.1 Å². The Balaban J connectivity index is 1.29. The Bertz CT molecular complexity index is 1300. The summed E-state index contributed by atoms with van der Waals surface area (Å²) in [5.41, 5.74) is 2.01. The predicted octanol–water partition coefficient (Wildman–Crippen LogP) is 3.76. The highest BCUT2D eigenvalue weighted by molar-refractivity contribution is 7.88. The Labute approximate surface area is 222 Å². The lowest BCUT2D eigenvalue weighted by molar-refractivity contribution is 0.207. The van der Waals surface area contributed by atoms with Gasteiger partial charge in [-0.25, -0.2) is 31.5 Å². The summed E-state index contributed by atoms with van der Waals surface area (Å²) in [7, 11) is -1.72. The molecule has 3 heterocycles. The zero-order valence-corrected chi connectivity index (χ0v) is 22.8. The summed E-state index contributed by atoms with van der Waals surface area (Å²) in [6.07, 6.45) is 11.1. The minimum absolute atomic E-state index is 0.180. The molecule has 2 aromatic heterocycles. The predicted molar refractivity (Wildman–Crippen MR) is 142 cm³/mol. The van der Waals surface area contributed by atoms with Crippen LogP contribution in [0.1, 0.15) is 31.7 Å². The second kappa shape index (κ2) is 12.2. The summed E-state index contributed by atoms with van der Waals surface area (Å²) < 4.78 is 61.1. The van der Waals surface area contributed by atoms with E-state index in [2.05, 4.69) is 26.9 Å². The minimum atomic E-state index is -3.24. The number of rotatable bonds is 11. The van der Waals surface area contributed by atoms with Crippen LogP contribution in [0.4, 0.5) is 14.7 Å². The standard InChI is InChI=1S/C26H34F2N6O3S/c1-4-19-14-29-26(30-15-19)33-10-6-20(7-11-33)18-37-25-23(27)12-21(13-24(25)28)22-16-31-34(17-22)9-5-8-32(2)38(3,35)36/h12-17,20H,4-11,18H2,1-3H3. The van der Waals surface area contributed by atoms with Gasteiger partial charge < -0.3 is 9.64 Å². The quantitative estimate of drug-likeness (QED) is 0.360. The molecule has 4 rings (SSSR count). The molecule has 3 aromatic rings. The van der Waals surface area contributed by atoms with Crippen molar-refractivity contribution in [3.05, 3.63) is 54.1 Å². The molecule has 1 aromatic carbocycles. The van der Waals surface area contributed by atoms with Crippen LogP contribution in [0.25, 0.3) is 11.1 Å². The Hall–Kier alpha value is -3.12. The number of anilines is 1. The van der Waals surface area contributed by atoms with Crippen molar-refractivity contribution >= 4 is 16.0 Å². The molecule has 1 aliphatic rings. The van der Waals surface area contributed by atoms with Gasteiger partial charge in [-0.15, -0.1) is 0 Å². The monoisotopic (exact) mass is 548 g/mol. The topological polar surface area (TPSA) is 93.5 Å². The van der Waals surface area contributed by atoms with Gasteiger partial charge in [-0.2, -0.15) is 5.10 Å². The summed E-state index contributed by atoms with van der Waals surface area (Å²) >= 11 is 0. The third-order valence-electron chi connectivity index (χ3n) is 6.85. The summed E-state index contributed by atoms with van der Waals surface area (Å²) in [5, 5.41) is 4.23. The van der Waals surface area contributed by atoms with Gasteiger partial charge in [0.25, 0.3) is 0 Å². The van der Waals surface area contributed by atoms with Crippen LogP contribution in [0, 0.1) is 17.6 Å². The number of aryl methyl sites for hydroxylation is 2. The van der Waals surface area contributed by atoms with Crippen molar-refractivity contribution in [3.63, 3.8) is 0 Å². The molecule has 0 N–H and O–H groups in total. The first-order valence-corrected chi connectivity index (χ1v) is 14.6. The summed E-state index contributed by atoms with van der Waals surface area (Å²) in [6.45, 7) is 4.64. The Morgan fingerprint density at radius 3 is 2.34 bits per heavy atom. The molecule has 1 saturated heterocycles. The van der Waals surface area contributed by atoms with Crippen LogP contribution in [0.15, 0.2) is 36.9 Å². The van der Waals surface area contributed by atoms with E-state index >= 15 is 0 Å². The fourth-order valence-electron chi connectivity index (χ4n) is 4.32. The number of ether oxygens (including phenoxy) is 1. The van der Waals surface area contributed by atoms with Crippen LogP contribution in [0.5, 0.6) is 5.75 Å². The molecular weight excluding hydrogens is 514 g/mol. The van der Waals surface area contributed by atoms with Crippen LogP contribution in [0.2, 0.25) is 0 Å². The SMILES string of the molecule is CCc1cnc(N2CCC(COc3c(F)cc(-c4cnn(CCCN(C)S(C)(=O)=O)c4)cc3F)CC2)nc1. The lowest BCUT2D eigenvalue weighted by Crippen LogP contribution is -2.36. The molecule has 0 bridgehead atoms. The van der Waals surface area contributed by atoms with Gasteiger partial charge in [0.2, 0.25) is 16.0 Å². The molecule has 0 saturated carbocycles. The van der Waals surface area contributed by atoms with E-state index in [0.717, 1.165) is 44.2 Å². The lowest BCUT2D eigenvalue weighted by atomic mass is 9.98. The smallest absolute Gasteiger partial charge is 0.225 e. The van der Waals surface area contributed by atoms with Crippen molar-refractivity contribution in [1.29, 1.82) is 0 Å². The van der Waals surface area contributed by atoms with Gasteiger partial charge >= 0.3 is 0 Å². The fourth-order valence-corrected chi connectivity index (χ4v) is 4.78. The van der Waals surface area contributed by atoms with Crippen LogP contribution >= 0.6 is 0 Å². The average molecular weight is 549 g/mol. The maximum absolute atomic E-state index is 14.8. The third kappa shape index (κ3) is 7.04. The van der Waals surface area contributed by atoms with Gasteiger partial charge in [0.15, 0.2) is 17.4 Å². The number of piperidine rings is 1. The maximum Gasteiger partial charge on any atom is 0.225 e. The zero-order valence-electron chi connectivity index (χ0n) is 22.0. The lowest BCUT2D eigenvalue weighted by Gasteiger charge is -2.31. The molecule has 1 aliphatic heterocycles. The fraction of sp³-hybridized carbons (Fsp3) is 0.500. The molecule has 38 heavy (non-hydrogen) atoms. The minimum Gasteiger partial charge on any atom is -0.487 e. The van der Waals surface area contributed by atoms with Gasteiger partial charge in [-0.05, 0) is 54.9 Å². The van der Waals surface area contributed by atoms with E-state index in [0.29, 0.717) is 36.6 Å². The summed E-state index contributed by atoms with van der Waals surface area (Å²) in [6, 6.07) is 2.49. The van der Waals surface area contributed by atoms with Crippen molar-refractivity contribution in [1.82, 2.24) is 24.1 Å². The Kier molecular flexibility index (Phi) is 8.93. The van der Waals surface area contributed by atoms with Gasteiger partial charge in [0.1, 0.15) is 0 Å². The van der Waals surface area contributed by atoms with Gasteiger partial charge in [0, 0.05) is 57.4 Å². The average Bonchev–Trinajstić information content (AvgIpc) is 3.37. The molecule has 0 radical (unpaired) electrons. The molecule has 0 unspecified atom stereocenters. The summed E-state index contributed by atoms with van der Waals surface area (Å²) in [5.74, 6) is -1.00. The van der Waals surface area contributed by atoms with Crippen LogP contribution in [0.3, 0.4) is 0 Å². The molecule has 0 spiro atoms. The van der Waals surface area contributed by atoms with E-state index < -0.39 is 21.7 Å². The van der Waals surface area contributed by atoms with E-state index in [9.17, 15) is 17.2 Å². The zero-order chi connectivity index (χ0) is 27.3. The van der Waals surface area contributed by atoms with Gasteiger partial charge in [-0.1, -0.05) is 6.92 Å². The molecule has 12 heteroatoms. The molecular formula is C26H34F2N6O3S. The summed E-state index contributed by atoms with van der Waals surface area (Å²) in [4.78, 5) is 11.0. The second-order valence-electron chi connectivity index (χ2n) is 9.69. The Morgan fingerprint density at radius 1 is 1.08 bits per heavy atom. The highest BCUT2D eigenvalue weighted by Crippen LogP contribution is 2.30. The number of aromatic nitrogens is 4. The molecule has 206 valence electrons. The van der Waals surface area contributed by atoms with Crippen molar-refractivity contribution in [2.45, 2.75) is 39.2 Å². The van der Waals surface area contributed by atoms with Gasteiger partial charge in [-0.3, -0.25) is 4.68 Å². The number of nitrogens with zero attached hydrogens (tertiary/aromatic N) is 6. The van der Waals surface area contributed by atoms with Crippen LogP contribution < -0.4 is 9.64 Å². The highest BCUT2D eigenvalue weighted by atomic mass is 32.2. The van der Waals surface area contributed by atoms with E-state index in [-0.39, 0.29) is 18.3 Å². The molecule has 0 aliphatic carbocycles. The largest absolute Gasteiger partial charge is 0.487 e. The van der Waals surface area contributed by atoms with E-state index in [1.165, 1.54) is 29.7 Å². The van der Waals surface area contributed by atoms with Crippen LogP contribution in [-0.4, -0.2) is 72.0 Å². The normalized spacial score (nSPS) is 14.8. The Morgan fingerprint density at radius 2 is 1.74 bits per heavy atom. The highest BCUT2D eigenvalue weighted by Gasteiger charge is 2.23. The number of halogens is 2. The first-order valence-electron chi connectivity index (χ1n) is 12.8. The van der Waals surface area contributed by atoms with E-state index in [1.807, 2.05) is 12.4 Å². The number of benzene rings is 1.